The van der Waals surface area contributed by atoms with Gasteiger partial charge in [-0.05, 0) is 12.0 Å². The molecular formula is C10H13F2N2O. The average molecular weight is 215 g/mol. The largest absolute Gasteiger partial charge is 0.345 e. The first-order valence-corrected chi connectivity index (χ1v) is 4.70. The summed E-state index contributed by atoms with van der Waals surface area (Å²) in [7, 11) is 0. The molecule has 0 aliphatic heterocycles. The predicted molar refractivity (Wildman–Crippen MR) is 50.2 cm³/mol. The number of alkyl halides is 2. The highest BCUT2D eigenvalue weighted by Crippen LogP contribution is 2.05. The second-order valence-electron chi connectivity index (χ2n) is 3.57. The van der Waals surface area contributed by atoms with Crippen LogP contribution in [0.2, 0.25) is 0 Å². The number of rotatable bonds is 5. The highest BCUT2D eigenvalue weighted by molar-refractivity contribution is 5.00. The summed E-state index contributed by atoms with van der Waals surface area (Å²) < 4.78 is 27.7. The number of aromatic nitrogens is 2. The Morgan fingerprint density at radius 1 is 1.47 bits per heavy atom. The molecule has 1 rings (SSSR count). The minimum Gasteiger partial charge on any atom is -0.317 e. The van der Waals surface area contributed by atoms with Gasteiger partial charge in [-0.1, -0.05) is 13.8 Å². The lowest BCUT2D eigenvalue weighted by molar-refractivity contribution is -0.138. The van der Waals surface area contributed by atoms with E-state index in [0.717, 1.165) is 0 Å². The van der Waals surface area contributed by atoms with E-state index in [4.69, 9.17) is 0 Å². The van der Waals surface area contributed by atoms with Gasteiger partial charge in [0, 0.05) is 6.42 Å². The molecule has 0 N–H and O–H groups in total. The van der Waals surface area contributed by atoms with Gasteiger partial charge in [0.15, 0.2) is 0 Å². The maximum Gasteiger partial charge on any atom is 0.345 e. The van der Waals surface area contributed by atoms with E-state index < -0.39 is 6.61 Å². The van der Waals surface area contributed by atoms with E-state index in [1.54, 1.807) is 0 Å². The average Bonchev–Trinajstić information content (AvgIpc) is 2.14. The van der Waals surface area contributed by atoms with E-state index in [1.807, 2.05) is 13.8 Å². The lowest BCUT2D eigenvalue weighted by atomic mass is 10.1. The summed E-state index contributed by atoms with van der Waals surface area (Å²) in [5, 5.41) is 0. The Labute approximate surface area is 87.5 Å². The van der Waals surface area contributed by atoms with Crippen LogP contribution in [-0.4, -0.2) is 16.6 Å². The fraction of sp³-hybridized carbons (Fsp3) is 0.600. The van der Waals surface area contributed by atoms with Gasteiger partial charge in [0.1, 0.15) is 5.82 Å². The quantitative estimate of drug-likeness (QED) is 0.755. The van der Waals surface area contributed by atoms with Gasteiger partial charge in [-0.3, -0.25) is 0 Å². The first-order valence-electron chi connectivity index (χ1n) is 4.70. The maximum atomic E-state index is 11.8. The second kappa shape index (κ2) is 5.70. The van der Waals surface area contributed by atoms with Crippen LogP contribution in [0.25, 0.3) is 0 Å². The van der Waals surface area contributed by atoms with Crippen molar-refractivity contribution in [2.24, 2.45) is 5.92 Å². The molecule has 0 fully saturated rings. The van der Waals surface area contributed by atoms with Crippen LogP contribution in [0.1, 0.15) is 25.4 Å². The number of hydrogen-bond acceptors (Lipinski definition) is 3. The zero-order chi connectivity index (χ0) is 11.3. The summed E-state index contributed by atoms with van der Waals surface area (Å²) >= 11 is 0. The van der Waals surface area contributed by atoms with Crippen LogP contribution in [-0.2, 0) is 17.8 Å². The molecule has 0 amide bonds. The van der Waals surface area contributed by atoms with Crippen molar-refractivity contribution in [2.45, 2.75) is 33.5 Å². The zero-order valence-corrected chi connectivity index (χ0v) is 8.70. The third-order valence-electron chi connectivity index (χ3n) is 1.65. The molecule has 0 aliphatic rings. The minimum atomic E-state index is -2.77. The minimum absolute atomic E-state index is 0.207. The van der Waals surface area contributed by atoms with E-state index in [9.17, 15) is 8.78 Å². The van der Waals surface area contributed by atoms with E-state index in [0.29, 0.717) is 23.9 Å². The fourth-order valence-electron chi connectivity index (χ4n) is 1.08. The van der Waals surface area contributed by atoms with Crippen molar-refractivity contribution in [1.29, 1.82) is 0 Å². The summed E-state index contributed by atoms with van der Waals surface area (Å²) in [6.45, 7) is 1.09. The van der Waals surface area contributed by atoms with Crippen molar-refractivity contribution >= 4 is 0 Å². The summed E-state index contributed by atoms with van der Waals surface area (Å²) in [6.07, 6.45) is 3.33. The third kappa shape index (κ3) is 4.78. The van der Waals surface area contributed by atoms with Gasteiger partial charge in [0.25, 0.3) is 0 Å². The van der Waals surface area contributed by atoms with Crippen molar-refractivity contribution in [3.63, 3.8) is 0 Å². The smallest absolute Gasteiger partial charge is 0.317 e. The van der Waals surface area contributed by atoms with Crippen LogP contribution in [0.4, 0.5) is 8.78 Å². The molecule has 0 bridgehead atoms. The molecule has 15 heavy (non-hydrogen) atoms. The summed E-state index contributed by atoms with van der Waals surface area (Å²) in [5.41, 5.74) is 0.431. The Bertz CT molecular complexity index is 305. The summed E-state index contributed by atoms with van der Waals surface area (Å²) in [5.74, 6) is 1.03. The highest BCUT2D eigenvalue weighted by atomic mass is 19.3. The molecule has 0 spiro atoms. The first kappa shape index (κ1) is 12.0. The van der Waals surface area contributed by atoms with E-state index in [-0.39, 0.29) is 6.61 Å². The SMILES string of the molecule is CC(C)Cc1n[c]cc(COC(F)F)n1. The Morgan fingerprint density at radius 3 is 2.80 bits per heavy atom. The van der Waals surface area contributed by atoms with Crippen molar-refractivity contribution in [1.82, 2.24) is 9.97 Å². The molecule has 1 heterocycles. The molecule has 83 valence electrons. The Balaban J connectivity index is 2.57. The monoisotopic (exact) mass is 215 g/mol. The van der Waals surface area contributed by atoms with Gasteiger partial charge in [-0.15, -0.1) is 0 Å². The number of halogens is 2. The fourth-order valence-corrected chi connectivity index (χ4v) is 1.08. The normalized spacial score (nSPS) is 11.3. The number of nitrogens with zero attached hydrogens (tertiary/aromatic N) is 2. The Hall–Kier alpha value is -1.10. The van der Waals surface area contributed by atoms with E-state index in [1.165, 1.54) is 6.07 Å². The molecule has 1 aromatic heterocycles. The topological polar surface area (TPSA) is 35.0 Å². The highest BCUT2D eigenvalue weighted by Gasteiger charge is 2.06. The van der Waals surface area contributed by atoms with Gasteiger partial charge < -0.3 is 4.74 Å². The molecule has 1 radical (unpaired) electrons. The van der Waals surface area contributed by atoms with Crippen molar-refractivity contribution in [3.05, 3.63) is 23.8 Å². The Morgan fingerprint density at radius 2 is 2.20 bits per heavy atom. The van der Waals surface area contributed by atoms with Crippen LogP contribution in [0.5, 0.6) is 0 Å². The van der Waals surface area contributed by atoms with Crippen molar-refractivity contribution < 1.29 is 13.5 Å². The van der Waals surface area contributed by atoms with Crippen LogP contribution < -0.4 is 0 Å². The van der Waals surface area contributed by atoms with Gasteiger partial charge in [0.2, 0.25) is 0 Å². The summed E-state index contributed by atoms with van der Waals surface area (Å²) in [6, 6.07) is 1.45. The second-order valence-corrected chi connectivity index (χ2v) is 3.57. The van der Waals surface area contributed by atoms with Gasteiger partial charge in [-0.2, -0.15) is 8.78 Å². The van der Waals surface area contributed by atoms with Crippen LogP contribution in [0.3, 0.4) is 0 Å². The van der Waals surface area contributed by atoms with Crippen LogP contribution >= 0.6 is 0 Å². The van der Waals surface area contributed by atoms with Gasteiger partial charge in [-0.25, -0.2) is 9.97 Å². The summed E-state index contributed by atoms with van der Waals surface area (Å²) in [4.78, 5) is 8.01. The number of ether oxygens (including phenoxy) is 1. The molecular weight excluding hydrogens is 202 g/mol. The van der Waals surface area contributed by atoms with Crippen molar-refractivity contribution in [3.8, 4) is 0 Å². The van der Waals surface area contributed by atoms with Crippen molar-refractivity contribution in [2.75, 3.05) is 0 Å². The lowest BCUT2D eigenvalue weighted by Crippen LogP contribution is -2.06. The maximum absolute atomic E-state index is 11.8. The predicted octanol–water partition coefficient (Wildman–Crippen LogP) is 2.21. The molecule has 0 saturated heterocycles. The zero-order valence-electron chi connectivity index (χ0n) is 8.70. The van der Waals surface area contributed by atoms with Crippen LogP contribution in [0, 0.1) is 12.1 Å². The number of hydrogen-bond donors (Lipinski definition) is 0. The molecule has 3 nitrogen and oxygen atoms in total. The molecule has 0 aliphatic carbocycles. The standard InChI is InChI=1S/C10H13F2N2O/c1-7(2)5-9-13-4-3-8(14-9)6-15-10(11)12/h3,7,10H,5-6H2,1-2H3. The molecule has 5 heteroatoms. The molecule has 0 aromatic carbocycles. The molecule has 1 aromatic rings. The molecule has 0 unspecified atom stereocenters. The van der Waals surface area contributed by atoms with E-state index >= 15 is 0 Å². The van der Waals surface area contributed by atoms with E-state index in [2.05, 4.69) is 20.9 Å². The van der Waals surface area contributed by atoms with Gasteiger partial charge >= 0.3 is 6.61 Å². The molecule has 0 atom stereocenters. The first-order chi connectivity index (χ1) is 7.08. The van der Waals surface area contributed by atoms with Gasteiger partial charge in [0.05, 0.1) is 18.5 Å². The Kier molecular flexibility index (Phi) is 4.55. The lowest BCUT2D eigenvalue weighted by Gasteiger charge is -2.05. The molecule has 0 saturated carbocycles. The third-order valence-corrected chi connectivity index (χ3v) is 1.65. The van der Waals surface area contributed by atoms with Crippen LogP contribution in [0.15, 0.2) is 6.07 Å².